The van der Waals surface area contributed by atoms with Gasteiger partial charge in [-0.05, 0) is 54.0 Å². The molecule has 0 amide bonds. The molecular formula is C16H24N5OS+. The molecular weight excluding hydrogens is 310 g/mol. The largest absolute Gasteiger partial charge is 0.497 e. The van der Waals surface area contributed by atoms with E-state index in [2.05, 4.69) is 22.6 Å². The van der Waals surface area contributed by atoms with Gasteiger partial charge in [0.15, 0.2) is 0 Å². The van der Waals surface area contributed by atoms with Crippen molar-refractivity contribution in [3.8, 4) is 11.4 Å². The molecule has 124 valence electrons. The minimum absolute atomic E-state index is 0.779. The van der Waals surface area contributed by atoms with E-state index in [1.54, 1.807) is 28.5 Å². The van der Waals surface area contributed by atoms with Crippen LogP contribution in [0.2, 0.25) is 0 Å². The smallest absolute Gasteiger partial charge is 0.214 e. The van der Waals surface area contributed by atoms with Gasteiger partial charge in [-0.1, -0.05) is 11.8 Å². The lowest BCUT2D eigenvalue weighted by molar-refractivity contribution is -0.911. The molecule has 0 aliphatic carbocycles. The summed E-state index contributed by atoms with van der Waals surface area (Å²) in [5.74, 6) is 1.89. The van der Waals surface area contributed by atoms with Gasteiger partial charge in [0.05, 0.1) is 32.4 Å². The molecule has 3 rings (SSSR count). The Morgan fingerprint density at radius 1 is 1.30 bits per heavy atom. The summed E-state index contributed by atoms with van der Waals surface area (Å²) >= 11 is 1.74. The van der Waals surface area contributed by atoms with Crippen molar-refractivity contribution in [3.63, 3.8) is 0 Å². The summed E-state index contributed by atoms with van der Waals surface area (Å²) in [6, 6.07) is 8.57. The van der Waals surface area contributed by atoms with Crippen molar-refractivity contribution in [3.05, 3.63) is 24.3 Å². The summed E-state index contributed by atoms with van der Waals surface area (Å²) in [5, 5.41) is 13.0. The molecule has 23 heavy (non-hydrogen) atoms. The van der Waals surface area contributed by atoms with Gasteiger partial charge in [0.2, 0.25) is 5.16 Å². The van der Waals surface area contributed by atoms with E-state index >= 15 is 0 Å². The molecule has 0 bridgehead atoms. The van der Waals surface area contributed by atoms with Crippen LogP contribution in [0.15, 0.2) is 29.4 Å². The van der Waals surface area contributed by atoms with Gasteiger partial charge in [-0.15, -0.1) is 5.10 Å². The molecule has 2 atom stereocenters. The van der Waals surface area contributed by atoms with Gasteiger partial charge in [0, 0.05) is 12.2 Å². The van der Waals surface area contributed by atoms with Crippen LogP contribution in [0.1, 0.15) is 25.7 Å². The highest BCUT2D eigenvalue weighted by molar-refractivity contribution is 7.99. The normalized spacial score (nSPS) is 21.3. The van der Waals surface area contributed by atoms with Gasteiger partial charge in [0.25, 0.3) is 0 Å². The zero-order chi connectivity index (χ0) is 16.1. The molecule has 7 heteroatoms. The van der Waals surface area contributed by atoms with E-state index in [0.29, 0.717) is 0 Å². The number of likely N-dealkylation sites (tertiary alicyclic amines) is 1. The third-order valence-electron chi connectivity index (χ3n) is 4.53. The number of thioether (sulfide) groups is 1. The number of hydrogen-bond acceptors (Lipinski definition) is 5. The lowest BCUT2D eigenvalue weighted by Crippen LogP contribution is -3.13. The molecule has 1 fully saturated rings. The average Bonchev–Trinajstić information content (AvgIpc) is 3.05. The number of aromatic nitrogens is 4. The molecule has 1 unspecified atom stereocenters. The number of nitrogens with zero attached hydrogens (tertiary/aromatic N) is 4. The number of benzene rings is 1. The second-order valence-electron chi connectivity index (χ2n) is 6.00. The topological polar surface area (TPSA) is 57.3 Å². The molecule has 1 N–H and O–H groups in total. The Morgan fingerprint density at radius 3 is 2.87 bits per heavy atom. The third-order valence-corrected chi connectivity index (χ3v) is 5.48. The van der Waals surface area contributed by atoms with Gasteiger partial charge in [-0.25, -0.2) is 0 Å². The van der Waals surface area contributed by atoms with Crippen molar-refractivity contribution in [2.24, 2.45) is 0 Å². The van der Waals surface area contributed by atoms with Crippen LogP contribution >= 0.6 is 11.8 Å². The van der Waals surface area contributed by atoms with Crippen molar-refractivity contribution in [1.82, 2.24) is 20.2 Å². The van der Waals surface area contributed by atoms with Crippen molar-refractivity contribution in [2.75, 3.05) is 26.5 Å². The van der Waals surface area contributed by atoms with Crippen LogP contribution < -0.4 is 9.64 Å². The summed E-state index contributed by atoms with van der Waals surface area (Å²) < 4.78 is 6.98. The Labute approximate surface area is 141 Å². The summed E-state index contributed by atoms with van der Waals surface area (Å²) in [7, 11) is 3.98. The first-order chi connectivity index (χ1) is 11.3. The lowest BCUT2D eigenvalue weighted by Gasteiger charge is -2.29. The number of nitrogens with one attached hydrogen (secondary N) is 1. The van der Waals surface area contributed by atoms with Crippen molar-refractivity contribution in [2.45, 2.75) is 36.9 Å². The molecule has 2 heterocycles. The highest BCUT2D eigenvalue weighted by Crippen LogP contribution is 2.21. The Bertz CT molecular complexity index is 615. The Hall–Kier alpha value is -1.60. The monoisotopic (exact) mass is 334 g/mol. The van der Waals surface area contributed by atoms with Gasteiger partial charge in [0.1, 0.15) is 5.75 Å². The Kier molecular flexibility index (Phi) is 5.51. The zero-order valence-electron chi connectivity index (χ0n) is 13.7. The molecule has 0 radical (unpaired) electrons. The van der Waals surface area contributed by atoms with Crippen LogP contribution in [0, 0.1) is 0 Å². The number of quaternary nitrogens is 1. The number of hydrogen-bond donors (Lipinski definition) is 1. The number of methoxy groups -OCH3 is 1. The molecule has 1 aliphatic rings. The van der Waals surface area contributed by atoms with E-state index in [1.807, 2.05) is 24.3 Å². The highest BCUT2D eigenvalue weighted by Gasteiger charge is 2.22. The molecule has 1 aromatic heterocycles. The van der Waals surface area contributed by atoms with Crippen molar-refractivity contribution >= 4 is 11.8 Å². The van der Waals surface area contributed by atoms with E-state index in [4.69, 9.17) is 4.74 Å². The minimum atomic E-state index is 0.779. The number of ether oxygens (including phenoxy) is 1. The predicted octanol–water partition coefficient (Wildman–Crippen LogP) is 1.22. The van der Waals surface area contributed by atoms with E-state index in [9.17, 15) is 0 Å². The lowest BCUT2D eigenvalue weighted by atomic mass is 10.0. The first-order valence-electron chi connectivity index (χ1n) is 8.16. The summed E-state index contributed by atoms with van der Waals surface area (Å²) in [6.45, 7) is 1.30. The number of tetrazole rings is 1. The number of rotatable bonds is 6. The molecule has 1 saturated heterocycles. The van der Waals surface area contributed by atoms with Gasteiger partial charge < -0.3 is 9.64 Å². The SMILES string of the molecule is COc1ccc(-n2nnnc2SCC[C@H]2CCCC[NH+]2C)cc1. The summed E-state index contributed by atoms with van der Waals surface area (Å²) in [5.41, 5.74) is 0.957. The van der Waals surface area contributed by atoms with Gasteiger partial charge >= 0.3 is 0 Å². The number of piperidine rings is 1. The van der Waals surface area contributed by atoms with Gasteiger partial charge in [-0.3, -0.25) is 0 Å². The Balaban J connectivity index is 1.59. The first-order valence-corrected chi connectivity index (χ1v) is 9.14. The average molecular weight is 334 g/mol. The second-order valence-corrected chi connectivity index (χ2v) is 7.06. The van der Waals surface area contributed by atoms with Crippen LogP contribution in [-0.4, -0.2) is 52.7 Å². The van der Waals surface area contributed by atoms with Crippen LogP contribution in [0.25, 0.3) is 5.69 Å². The quantitative estimate of drug-likeness (QED) is 0.805. The second kappa shape index (κ2) is 7.79. The summed E-state index contributed by atoms with van der Waals surface area (Å²) in [4.78, 5) is 1.67. The zero-order valence-corrected chi connectivity index (χ0v) is 14.6. The van der Waals surface area contributed by atoms with Gasteiger partial charge in [-0.2, -0.15) is 4.68 Å². The van der Waals surface area contributed by atoms with E-state index in [0.717, 1.165) is 28.4 Å². The standard InChI is InChI=1S/C16H23N5OS/c1-20-11-4-3-5-13(20)10-12-23-16-17-18-19-21(16)14-6-8-15(22-2)9-7-14/h6-9,13H,3-5,10-12H2,1-2H3/p+1/t13-/m1/s1. The van der Waals surface area contributed by atoms with Crippen molar-refractivity contribution in [1.29, 1.82) is 0 Å². The molecule has 0 spiro atoms. The van der Waals surface area contributed by atoms with Crippen LogP contribution in [0.5, 0.6) is 5.75 Å². The van der Waals surface area contributed by atoms with Crippen LogP contribution in [0.4, 0.5) is 0 Å². The minimum Gasteiger partial charge on any atom is -0.497 e. The van der Waals surface area contributed by atoms with Crippen molar-refractivity contribution < 1.29 is 9.64 Å². The van der Waals surface area contributed by atoms with E-state index in [1.165, 1.54) is 32.2 Å². The maximum absolute atomic E-state index is 5.19. The fourth-order valence-electron chi connectivity index (χ4n) is 3.08. The van der Waals surface area contributed by atoms with E-state index < -0.39 is 0 Å². The van der Waals surface area contributed by atoms with Crippen LogP contribution in [-0.2, 0) is 0 Å². The fraction of sp³-hybridized carbons (Fsp3) is 0.562. The molecule has 1 aliphatic heterocycles. The molecule has 6 nitrogen and oxygen atoms in total. The first kappa shape index (κ1) is 16.3. The maximum atomic E-state index is 5.19. The van der Waals surface area contributed by atoms with Crippen LogP contribution in [0.3, 0.4) is 0 Å². The molecule has 2 aromatic rings. The van der Waals surface area contributed by atoms with E-state index in [-0.39, 0.29) is 0 Å². The summed E-state index contributed by atoms with van der Waals surface area (Å²) in [6.07, 6.45) is 5.29. The Morgan fingerprint density at radius 2 is 2.13 bits per heavy atom. The maximum Gasteiger partial charge on any atom is 0.214 e. The third kappa shape index (κ3) is 4.03. The predicted molar refractivity (Wildman–Crippen MR) is 90.4 cm³/mol. The highest BCUT2D eigenvalue weighted by atomic mass is 32.2. The molecule has 1 aromatic carbocycles. The molecule has 0 saturated carbocycles. The fourth-order valence-corrected chi connectivity index (χ4v) is 4.03.